The summed E-state index contributed by atoms with van der Waals surface area (Å²) in [4.78, 5) is 2.43. The summed E-state index contributed by atoms with van der Waals surface area (Å²) in [7, 11) is -3.24. The normalized spacial score (nSPS) is 24.5. The number of benzene rings is 1. The van der Waals surface area contributed by atoms with Crippen LogP contribution < -0.4 is 10.6 Å². The first kappa shape index (κ1) is 14.3. The molecule has 1 saturated heterocycles. The van der Waals surface area contributed by atoms with Gasteiger partial charge in [-0.1, -0.05) is 12.1 Å². The zero-order valence-electron chi connectivity index (χ0n) is 11.2. The molecule has 2 atom stereocenters. The SMILES string of the molecule is CC1COC(CN)CN1c1ccccc1S(C)(=O)=O. The first-order chi connectivity index (χ1) is 8.93. The van der Waals surface area contributed by atoms with E-state index in [4.69, 9.17) is 10.5 Å². The Kier molecular flexibility index (Phi) is 4.13. The van der Waals surface area contributed by atoms with Crippen molar-refractivity contribution in [3.8, 4) is 0 Å². The Balaban J connectivity index is 2.40. The molecule has 19 heavy (non-hydrogen) atoms. The van der Waals surface area contributed by atoms with Crippen LogP contribution in [0.4, 0.5) is 5.69 Å². The van der Waals surface area contributed by atoms with Gasteiger partial charge < -0.3 is 15.4 Å². The van der Waals surface area contributed by atoms with Gasteiger partial charge in [-0.05, 0) is 19.1 Å². The molecule has 1 fully saturated rings. The highest BCUT2D eigenvalue weighted by molar-refractivity contribution is 7.90. The van der Waals surface area contributed by atoms with Gasteiger partial charge in [0.1, 0.15) is 0 Å². The predicted molar refractivity (Wildman–Crippen MR) is 75.2 cm³/mol. The molecule has 106 valence electrons. The molecule has 1 aromatic carbocycles. The first-order valence-electron chi connectivity index (χ1n) is 6.31. The summed E-state index contributed by atoms with van der Waals surface area (Å²) in [6, 6.07) is 7.20. The first-order valence-corrected chi connectivity index (χ1v) is 8.20. The number of ether oxygens (including phenoxy) is 1. The fourth-order valence-electron chi connectivity index (χ4n) is 2.30. The predicted octanol–water partition coefficient (Wildman–Crippen LogP) is 0.643. The Morgan fingerprint density at radius 1 is 1.42 bits per heavy atom. The van der Waals surface area contributed by atoms with E-state index < -0.39 is 9.84 Å². The number of anilines is 1. The lowest BCUT2D eigenvalue weighted by atomic mass is 10.1. The number of sulfone groups is 1. The fraction of sp³-hybridized carbons (Fsp3) is 0.538. The summed E-state index contributed by atoms with van der Waals surface area (Å²) in [6.45, 7) is 3.63. The lowest BCUT2D eigenvalue weighted by Gasteiger charge is -2.40. The van der Waals surface area contributed by atoms with Gasteiger partial charge in [-0.2, -0.15) is 0 Å². The van der Waals surface area contributed by atoms with E-state index in [1.807, 2.05) is 19.1 Å². The summed E-state index contributed by atoms with van der Waals surface area (Å²) in [5, 5.41) is 0. The molecule has 0 spiro atoms. The molecule has 1 aromatic rings. The molecule has 0 amide bonds. The van der Waals surface area contributed by atoms with Crippen molar-refractivity contribution in [1.29, 1.82) is 0 Å². The van der Waals surface area contributed by atoms with E-state index in [-0.39, 0.29) is 12.1 Å². The largest absolute Gasteiger partial charge is 0.373 e. The van der Waals surface area contributed by atoms with Crippen LogP contribution in [0.1, 0.15) is 6.92 Å². The third kappa shape index (κ3) is 3.08. The Morgan fingerprint density at radius 2 is 2.11 bits per heavy atom. The molecule has 0 aliphatic carbocycles. The van der Waals surface area contributed by atoms with Crippen LogP contribution in [0, 0.1) is 0 Å². The smallest absolute Gasteiger partial charge is 0.177 e. The molecule has 6 heteroatoms. The minimum atomic E-state index is -3.24. The molecule has 2 N–H and O–H groups in total. The Labute approximate surface area is 114 Å². The second kappa shape index (κ2) is 5.48. The number of para-hydroxylation sites is 1. The molecular formula is C13H20N2O3S. The van der Waals surface area contributed by atoms with Crippen molar-refractivity contribution < 1.29 is 13.2 Å². The summed E-state index contributed by atoms with van der Waals surface area (Å²) >= 11 is 0. The van der Waals surface area contributed by atoms with E-state index in [2.05, 4.69) is 4.90 Å². The number of hydrogen-bond acceptors (Lipinski definition) is 5. The van der Waals surface area contributed by atoms with E-state index >= 15 is 0 Å². The summed E-state index contributed by atoms with van der Waals surface area (Å²) in [5.74, 6) is 0. The van der Waals surface area contributed by atoms with Crippen LogP contribution in [-0.2, 0) is 14.6 Å². The van der Waals surface area contributed by atoms with Crippen LogP contribution in [0.2, 0.25) is 0 Å². The van der Waals surface area contributed by atoms with E-state index in [9.17, 15) is 8.42 Å². The maximum Gasteiger partial charge on any atom is 0.177 e. The molecule has 1 heterocycles. The summed E-state index contributed by atoms with van der Waals surface area (Å²) in [6.07, 6.45) is 1.18. The van der Waals surface area contributed by atoms with Crippen LogP contribution in [0.25, 0.3) is 0 Å². The fourth-order valence-corrected chi connectivity index (χ4v) is 3.19. The summed E-state index contributed by atoms with van der Waals surface area (Å²) < 4.78 is 29.3. The van der Waals surface area contributed by atoms with Crippen LogP contribution in [-0.4, -0.2) is 46.5 Å². The molecule has 2 unspecified atom stereocenters. The maximum absolute atomic E-state index is 11.9. The number of morpholine rings is 1. The minimum absolute atomic E-state index is 0.0520. The average molecular weight is 284 g/mol. The molecule has 0 aromatic heterocycles. The number of nitrogens with zero attached hydrogens (tertiary/aromatic N) is 1. The lowest BCUT2D eigenvalue weighted by Crippen LogP contribution is -2.51. The molecule has 1 aliphatic heterocycles. The number of hydrogen-bond donors (Lipinski definition) is 1. The van der Waals surface area contributed by atoms with Crippen molar-refractivity contribution in [3.63, 3.8) is 0 Å². The van der Waals surface area contributed by atoms with Crippen molar-refractivity contribution in [1.82, 2.24) is 0 Å². The third-order valence-electron chi connectivity index (χ3n) is 3.34. The number of nitrogens with two attached hydrogens (primary N) is 1. The van der Waals surface area contributed by atoms with Crippen molar-refractivity contribution in [2.24, 2.45) is 5.73 Å². The highest BCUT2D eigenvalue weighted by atomic mass is 32.2. The minimum Gasteiger partial charge on any atom is -0.373 e. The average Bonchev–Trinajstić information content (AvgIpc) is 2.38. The van der Waals surface area contributed by atoms with E-state index in [0.29, 0.717) is 24.6 Å². The highest BCUT2D eigenvalue weighted by Gasteiger charge is 2.28. The van der Waals surface area contributed by atoms with Crippen molar-refractivity contribution in [2.45, 2.75) is 24.0 Å². The Hall–Kier alpha value is -1.11. The van der Waals surface area contributed by atoms with E-state index in [0.717, 1.165) is 5.69 Å². The molecular weight excluding hydrogens is 264 g/mol. The van der Waals surface area contributed by atoms with Gasteiger partial charge in [-0.25, -0.2) is 8.42 Å². The van der Waals surface area contributed by atoms with E-state index in [1.165, 1.54) is 6.26 Å². The van der Waals surface area contributed by atoms with Gasteiger partial charge >= 0.3 is 0 Å². The van der Waals surface area contributed by atoms with Gasteiger partial charge in [0, 0.05) is 25.4 Å². The Morgan fingerprint density at radius 3 is 2.74 bits per heavy atom. The number of rotatable bonds is 3. The highest BCUT2D eigenvalue weighted by Crippen LogP contribution is 2.28. The van der Waals surface area contributed by atoms with Gasteiger partial charge in [0.15, 0.2) is 9.84 Å². The quantitative estimate of drug-likeness (QED) is 0.882. The third-order valence-corrected chi connectivity index (χ3v) is 4.49. The van der Waals surface area contributed by atoms with Crippen molar-refractivity contribution in [2.75, 3.05) is 30.9 Å². The molecule has 1 aliphatic rings. The van der Waals surface area contributed by atoms with Crippen LogP contribution >= 0.6 is 0 Å². The monoisotopic (exact) mass is 284 g/mol. The zero-order chi connectivity index (χ0) is 14.0. The second-order valence-electron chi connectivity index (χ2n) is 4.93. The van der Waals surface area contributed by atoms with E-state index in [1.54, 1.807) is 12.1 Å². The Bertz CT molecular complexity index is 545. The molecule has 0 bridgehead atoms. The second-order valence-corrected chi connectivity index (χ2v) is 6.92. The molecule has 5 nitrogen and oxygen atoms in total. The molecule has 0 radical (unpaired) electrons. The van der Waals surface area contributed by atoms with Crippen molar-refractivity contribution >= 4 is 15.5 Å². The zero-order valence-corrected chi connectivity index (χ0v) is 12.1. The molecule has 0 saturated carbocycles. The van der Waals surface area contributed by atoms with Gasteiger partial charge in [0.25, 0.3) is 0 Å². The van der Waals surface area contributed by atoms with Crippen LogP contribution in [0.3, 0.4) is 0 Å². The standard InChI is InChI=1S/C13H20N2O3S/c1-10-9-18-11(7-14)8-15(10)12-5-3-4-6-13(12)19(2,16)17/h3-6,10-11H,7-9,14H2,1-2H3. The van der Waals surface area contributed by atoms with Crippen LogP contribution in [0.5, 0.6) is 0 Å². The lowest BCUT2D eigenvalue weighted by molar-refractivity contribution is 0.0281. The van der Waals surface area contributed by atoms with Gasteiger partial charge in [0.2, 0.25) is 0 Å². The van der Waals surface area contributed by atoms with Gasteiger partial charge in [0.05, 0.1) is 23.3 Å². The topological polar surface area (TPSA) is 72.6 Å². The maximum atomic E-state index is 11.9. The summed E-state index contributed by atoms with van der Waals surface area (Å²) in [5.41, 5.74) is 6.38. The van der Waals surface area contributed by atoms with Crippen molar-refractivity contribution in [3.05, 3.63) is 24.3 Å². The van der Waals surface area contributed by atoms with Gasteiger partial charge in [-0.15, -0.1) is 0 Å². The molecule has 2 rings (SSSR count). The van der Waals surface area contributed by atoms with Gasteiger partial charge in [-0.3, -0.25) is 0 Å². The van der Waals surface area contributed by atoms with Crippen LogP contribution in [0.15, 0.2) is 29.2 Å².